The summed E-state index contributed by atoms with van der Waals surface area (Å²) in [6.07, 6.45) is -2.79. The van der Waals surface area contributed by atoms with Crippen molar-refractivity contribution in [3.8, 4) is 34.1 Å². The summed E-state index contributed by atoms with van der Waals surface area (Å²) in [5.74, 6) is -1.90. The lowest BCUT2D eigenvalue weighted by molar-refractivity contribution is -0.443. The maximum atomic E-state index is 13.6. The van der Waals surface area contributed by atoms with Gasteiger partial charge < -0.3 is 28.7 Å². The van der Waals surface area contributed by atoms with Crippen LogP contribution >= 0.6 is 0 Å². The maximum Gasteiger partial charge on any atom is 0.470 e. The molecule has 3 aromatic carbocycles. The second kappa shape index (κ2) is 15.2. The molecule has 1 amide bonds. The Kier molecular flexibility index (Phi) is 10.9. The number of likely N-dealkylation sites (tertiary alicyclic amines) is 1. The molecule has 0 aliphatic carbocycles. The molecular weight excluding hydrogens is 664 g/mol. The number of carboxylic acid groups (broad SMARTS) is 1. The SMILES string of the molecule is CCOc1cc(CN2CCC3(CC2)CC(=O)N(c2ccc(-c4[nH+][nH]c(=O)o4)cc2)C3)cc(OCC)c1-c1ccc(F)cc1.O=C([O-])C(F)(F)F. The van der Waals surface area contributed by atoms with Crippen LogP contribution in [0.3, 0.4) is 0 Å². The number of benzene rings is 3. The van der Waals surface area contributed by atoms with Crippen LogP contribution in [0.15, 0.2) is 69.9 Å². The predicted molar refractivity (Wildman–Crippen MR) is 170 cm³/mol. The van der Waals surface area contributed by atoms with E-state index in [4.69, 9.17) is 23.8 Å². The minimum Gasteiger partial charge on any atom is -0.542 e. The van der Waals surface area contributed by atoms with Gasteiger partial charge in [-0.3, -0.25) is 9.69 Å². The number of carboxylic acids is 1. The highest BCUT2D eigenvalue weighted by Gasteiger charge is 2.45. The van der Waals surface area contributed by atoms with Crippen molar-refractivity contribution in [3.63, 3.8) is 0 Å². The summed E-state index contributed by atoms with van der Waals surface area (Å²) in [6, 6.07) is 18.0. The molecule has 0 atom stereocenters. The number of amides is 1. The first-order valence-electron chi connectivity index (χ1n) is 16.0. The van der Waals surface area contributed by atoms with Crippen molar-refractivity contribution < 1.29 is 51.2 Å². The fourth-order valence-electron chi connectivity index (χ4n) is 6.26. The molecule has 2 fully saturated rings. The zero-order valence-electron chi connectivity index (χ0n) is 27.4. The molecule has 6 rings (SSSR count). The first-order valence-corrected chi connectivity index (χ1v) is 16.0. The molecule has 15 heteroatoms. The fourth-order valence-corrected chi connectivity index (χ4v) is 6.26. The van der Waals surface area contributed by atoms with Crippen molar-refractivity contribution in [2.24, 2.45) is 5.41 Å². The van der Waals surface area contributed by atoms with Crippen LogP contribution in [0.25, 0.3) is 22.6 Å². The van der Waals surface area contributed by atoms with Gasteiger partial charge in [0.25, 0.3) is 0 Å². The number of carbonyl (C=O) groups is 2. The third-order valence-corrected chi connectivity index (χ3v) is 8.65. The number of aliphatic carboxylic acids is 1. The Morgan fingerprint density at radius 1 is 0.960 bits per heavy atom. The number of piperidine rings is 1. The number of ether oxygens (including phenoxy) is 2. The molecular formula is C35H36F4N4O7. The average molecular weight is 701 g/mol. The summed E-state index contributed by atoms with van der Waals surface area (Å²) < 4.78 is 62.4. The van der Waals surface area contributed by atoms with E-state index < -0.39 is 17.9 Å². The molecule has 2 N–H and O–H groups in total. The van der Waals surface area contributed by atoms with Crippen molar-refractivity contribution >= 4 is 17.6 Å². The Balaban J connectivity index is 0.000000630. The van der Waals surface area contributed by atoms with Gasteiger partial charge >= 0.3 is 17.8 Å². The van der Waals surface area contributed by atoms with Crippen LogP contribution in [0.4, 0.5) is 23.2 Å². The fraction of sp³-hybridized carbons (Fsp3) is 0.371. The third-order valence-electron chi connectivity index (χ3n) is 8.65. The van der Waals surface area contributed by atoms with Gasteiger partial charge in [-0.1, -0.05) is 22.3 Å². The van der Waals surface area contributed by atoms with Crippen molar-refractivity contribution in [1.29, 1.82) is 0 Å². The van der Waals surface area contributed by atoms with Crippen LogP contribution in [0, 0.1) is 11.2 Å². The third kappa shape index (κ3) is 8.51. The monoisotopic (exact) mass is 700 g/mol. The number of alkyl halides is 3. The molecule has 50 heavy (non-hydrogen) atoms. The lowest BCUT2D eigenvalue weighted by Gasteiger charge is -2.39. The van der Waals surface area contributed by atoms with Crippen LogP contribution in [0.5, 0.6) is 11.5 Å². The molecule has 0 unspecified atom stereocenters. The van der Waals surface area contributed by atoms with Crippen LogP contribution in [0.1, 0.15) is 38.7 Å². The molecule has 2 aliphatic rings. The summed E-state index contributed by atoms with van der Waals surface area (Å²) in [5.41, 5.74) is 4.29. The lowest BCUT2D eigenvalue weighted by atomic mass is 9.77. The van der Waals surface area contributed by atoms with E-state index in [2.05, 4.69) is 27.2 Å². The van der Waals surface area contributed by atoms with Gasteiger partial charge in [0.1, 0.15) is 23.3 Å². The van der Waals surface area contributed by atoms with Gasteiger partial charge in [0, 0.05) is 25.2 Å². The zero-order chi connectivity index (χ0) is 36.1. The van der Waals surface area contributed by atoms with E-state index in [9.17, 15) is 27.2 Å². The van der Waals surface area contributed by atoms with E-state index in [0.717, 1.165) is 71.9 Å². The largest absolute Gasteiger partial charge is 0.542 e. The van der Waals surface area contributed by atoms with Crippen molar-refractivity contribution in [2.75, 3.05) is 37.7 Å². The van der Waals surface area contributed by atoms with Gasteiger partial charge in [0.2, 0.25) is 5.91 Å². The minimum absolute atomic E-state index is 0.0487. The number of H-pyrrole nitrogens is 2. The average Bonchev–Trinajstić information content (AvgIpc) is 3.65. The second-order valence-corrected chi connectivity index (χ2v) is 12.1. The highest BCUT2D eigenvalue weighted by Crippen LogP contribution is 2.44. The summed E-state index contributed by atoms with van der Waals surface area (Å²) >= 11 is 0. The summed E-state index contributed by atoms with van der Waals surface area (Å²) in [7, 11) is 0. The van der Waals surface area contributed by atoms with Crippen molar-refractivity contribution in [2.45, 2.75) is 45.8 Å². The van der Waals surface area contributed by atoms with Gasteiger partial charge in [-0.15, -0.1) is 0 Å². The molecule has 1 aromatic heterocycles. The van der Waals surface area contributed by atoms with Crippen LogP contribution < -0.4 is 30.3 Å². The Labute approximate surface area is 284 Å². The Hall–Kier alpha value is -5.18. The summed E-state index contributed by atoms with van der Waals surface area (Å²) in [4.78, 5) is 37.5. The molecule has 1 spiro atoms. The first-order chi connectivity index (χ1) is 23.8. The van der Waals surface area contributed by atoms with E-state index in [1.165, 1.54) is 12.1 Å². The molecule has 0 bridgehead atoms. The number of aromatic nitrogens is 2. The molecule has 2 aliphatic heterocycles. The van der Waals surface area contributed by atoms with E-state index >= 15 is 0 Å². The van der Waals surface area contributed by atoms with Gasteiger partial charge in [-0.25, -0.2) is 9.18 Å². The molecule has 0 saturated carbocycles. The predicted octanol–water partition coefficient (Wildman–Crippen LogP) is 4.37. The Bertz CT molecular complexity index is 1820. The zero-order valence-corrected chi connectivity index (χ0v) is 27.4. The summed E-state index contributed by atoms with van der Waals surface area (Å²) in [6.45, 7) is 8.11. The Morgan fingerprint density at radius 2 is 1.52 bits per heavy atom. The second-order valence-electron chi connectivity index (χ2n) is 12.1. The summed E-state index contributed by atoms with van der Waals surface area (Å²) in [5, 5.41) is 13.9. The standard InChI is InChI=1S/C33H35FN4O5.C2HF3O2/c1-3-41-27-17-22(18-28(42-4-2)30(27)23-5-9-25(34)10-6-23)20-37-15-13-33(14-16-37)19-29(39)38(21-33)26-11-7-24(8-12-26)31-35-36-32(40)43-31;3-2(4,5)1(6)7/h5-12,17-18H,3-4,13-16,19-21H2,1-2H3,(H,36,40);(H,6,7). The quantitative estimate of drug-likeness (QED) is 0.254. The number of halogens is 4. The minimum atomic E-state index is -5.19. The number of nitrogens with one attached hydrogen (secondary N) is 2. The number of hydrogen-bond donors (Lipinski definition) is 1. The number of nitrogens with zero attached hydrogens (tertiary/aromatic N) is 2. The molecule has 266 valence electrons. The smallest absolute Gasteiger partial charge is 0.470 e. The number of anilines is 1. The van der Waals surface area contributed by atoms with Crippen molar-refractivity contribution in [3.05, 3.63) is 82.6 Å². The lowest BCUT2D eigenvalue weighted by Crippen LogP contribution is -2.41. The van der Waals surface area contributed by atoms with Crippen molar-refractivity contribution in [1.82, 2.24) is 10.00 Å². The number of carbonyl (C=O) groups excluding carboxylic acids is 2. The van der Waals surface area contributed by atoms with Crippen LogP contribution in [0.2, 0.25) is 0 Å². The Morgan fingerprint density at radius 3 is 2.02 bits per heavy atom. The molecule has 4 aromatic rings. The highest BCUT2D eigenvalue weighted by molar-refractivity contribution is 5.96. The van der Waals surface area contributed by atoms with Gasteiger partial charge in [-0.2, -0.15) is 13.2 Å². The molecule has 2 saturated heterocycles. The van der Waals surface area contributed by atoms with E-state index in [-0.39, 0.29) is 17.1 Å². The molecule has 11 nitrogen and oxygen atoms in total. The van der Waals surface area contributed by atoms with Gasteiger partial charge in [0.15, 0.2) is 0 Å². The van der Waals surface area contributed by atoms with E-state index in [1.54, 1.807) is 12.1 Å². The molecule has 0 radical (unpaired) electrons. The maximum absolute atomic E-state index is 13.6. The first kappa shape index (κ1) is 36.1. The van der Waals surface area contributed by atoms with Gasteiger partial charge in [0.05, 0.1) is 24.3 Å². The topological polar surface area (TPSA) is 142 Å². The number of aromatic amines is 2. The number of hydrogen-bond acceptors (Lipinski definition) is 8. The van der Waals surface area contributed by atoms with E-state index in [0.29, 0.717) is 32.1 Å². The normalized spacial score (nSPS) is 15.9. The van der Waals surface area contributed by atoms with Crippen LogP contribution in [-0.4, -0.2) is 60.9 Å². The van der Waals surface area contributed by atoms with Gasteiger partial charge in [-0.05, 0) is 105 Å². The molecule has 3 heterocycles. The van der Waals surface area contributed by atoms with Crippen LogP contribution in [-0.2, 0) is 16.1 Å². The highest BCUT2D eigenvalue weighted by atomic mass is 19.4. The number of rotatable bonds is 9. The van der Waals surface area contributed by atoms with E-state index in [1.807, 2.05) is 43.0 Å².